The lowest BCUT2D eigenvalue weighted by Crippen LogP contribution is -2.30. The molecule has 1 aromatic heterocycles. The third kappa shape index (κ3) is 1.66. The van der Waals surface area contributed by atoms with Crippen LogP contribution in [0.25, 0.3) is 15.9 Å². The Balaban J connectivity index is 2.73. The van der Waals surface area contributed by atoms with Gasteiger partial charge in [0.05, 0.1) is 18.4 Å². The van der Waals surface area contributed by atoms with Gasteiger partial charge in [-0.2, -0.15) is 0 Å². The van der Waals surface area contributed by atoms with Crippen molar-refractivity contribution in [3.63, 3.8) is 0 Å². The van der Waals surface area contributed by atoms with Gasteiger partial charge in [-0.1, -0.05) is 25.7 Å². The highest BCUT2D eigenvalue weighted by Crippen LogP contribution is 2.22. The zero-order valence-corrected chi connectivity index (χ0v) is 10.2. The molecule has 0 radical (unpaired) electrons. The van der Waals surface area contributed by atoms with E-state index in [1.54, 1.807) is 0 Å². The summed E-state index contributed by atoms with van der Waals surface area (Å²) in [7, 11) is -1.43. The number of aromatic nitrogens is 2. The van der Waals surface area contributed by atoms with Crippen LogP contribution in [0.4, 0.5) is 5.69 Å². The van der Waals surface area contributed by atoms with E-state index < -0.39 is 8.24 Å². The smallest absolute Gasteiger partial charge is 0.189 e. The molecule has 4 heteroatoms. The summed E-state index contributed by atoms with van der Waals surface area (Å²) in [6, 6.07) is 5.66. The van der Waals surface area contributed by atoms with Crippen LogP contribution >= 0.6 is 0 Å². The van der Waals surface area contributed by atoms with Crippen LogP contribution < -0.4 is 0 Å². The van der Waals surface area contributed by atoms with E-state index in [2.05, 4.69) is 33.7 Å². The maximum absolute atomic E-state index is 7.01. The van der Waals surface area contributed by atoms with E-state index >= 15 is 0 Å². The van der Waals surface area contributed by atoms with Crippen molar-refractivity contribution in [3.8, 4) is 0 Å². The third-order valence-corrected chi connectivity index (χ3v) is 4.18. The molecule has 0 spiro atoms. The van der Waals surface area contributed by atoms with Gasteiger partial charge in [-0.05, 0) is 12.1 Å². The van der Waals surface area contributed by atoms with Crippen molar-refractivity contribution in [2.24, 2.45) is 0 Å². The average Bonchev–Trinajstić information content (AvgIpc) is 2.59. The van der Waals surface area contributed by atoms with Gasteiger partial charge >= 0.3 is 0 Å². The SMILES string of the molecule is [C-]#[N+]c1ccc2ncn([Si](C)(C)C)c2c1. The lowest BCUT2D eigenvalue weighted by molar-refractivity contribution is 1.16. The molecule has 3 nitrogen and oxygen atoms in total. The zero-order valence-electron chi connectivity index (χ0n) is 9.15. The molecule has 0 atom stereocenters. The van der Waals surface area contributed by atoms with Crippen LogP contribution in [-0.2, 0) is 0 Å². The number of hydrogen-bond acceptors (Lipinski definition) is 1. The largest absolute Gasteiger partial charge is 0.360 e. The van der Waals surface area contributed by atoms with E-state index in [0.717, 1.165) is 11.0 Å². The van der Waals surface area contributed by atoms with E-state index in [1.807, 2.05) is 24.5 Å². The fraction of sp³-hybridized carbons (Fsp3) is 0.273. The first kappa shape index (κ1) is 9.93. The van der Waals surface area contributed by atoms with Gasteiger partial charge in [0.1, 0.15) is 0 Å². The summed E-state index contributed by atoms with van der Waals surface area (Å²) in [4.78, 5) is 7.80. The minimum Gasteiger partial charge on any atom is -0.360 e. The average molecular weight is 215 g/mol. The molecule has 2 aromatic rings. The Kier molecular flexibility index (Phi) is 2.13. The van der Waals surface area contributed by atoms with Crippen LogP contribution in [0.2, 0.25) is 19.6 Å². The van der Waals surface area contributed by atoms with Crippen LogP contribution in [0.3, 0.4) is 0 Å². The molecule has 0 saturated carbocycles. The van der Waals surface area contributed by atoms with Crippen LogP contribution in [0.15, 0.2) is 24.5 Å². The fourth-order valence-corrected chi connectivity index (χ4v) is 2.91. The summed E-state index contributed by atoms with van der Waals surface area (Å²) < 4.78 is 2.23. The summed E-state index contributed by atoms with van der Waals surface area (Å²) in [5.74, 6) is 0. The number of fused-ring (bicyclic) bond motifs is 1. The Bertz CT molecular complexity index is 543. The lowest BCUT2D eigenvalue weighted by Gasteiger charge is -2.18. The first-order valence-electron chi connectivity index (χ1n) is 4.87. The van der Waals surface area contributed by atoms with Crippen LogP contribution in [0.5, 0.6) is 0 Å². The first-order valence-corrected chi connectivity index (χ1v) is 8.32. The molecule has 0 saturated heterocycles. The Labute approximate surface area is 90.3 Å². The highest BCUT2D eigenvalue weighted by Gasteiger charge is 2.18. The minimum absolute atomic E-state index is 0.683. The molecular weight excluding hydrogens is 202 g/mol. The standard InChI is InChI=1S/C11H13N3Si/c1-12-9-5-6-10-11(7-9)14(8-13-10)15(2,3)4/h5-8H,2-4H3. The Morgan fingerprint density at radius 1 is 1.33 bits per heavy atom. The molecule has 0 amide bonds. The number of rotatable bonds is 1. The van der Waals surface area contributed by atoms with E-state index in [1.165, 1.54) is 0 Å². The summed E-state index contributed by atoms with van der Waals surface area (Å²) in [5, 5.41) is 0. The van der Waals surface area contributed by atoms with Crippen molar-refractivity contribution >= 4 is 25.0 Å². The fourth-order valence-electron chi connectivity index (χ4n) is 1.60. The summed E-state index contributed by atoms with van der Waals surface area (Å²) in [6.45, 7) is 13.8. The molecule has 0 aliphatic heterocycles. The third-order valence-electron chi connectivity index (χ3n) is 2.38. The number of imidazole rings is 1. The van der Waals surface area contributed by atoms with E-state index in [0.29, 0.717) is 5.69 Å². The Morgan fingerprint density at radius 3 is 2.67 bits per heavy atom. The molecule has 0 aliphatic rings. The predicted molar refractivity (Wildman–Crippen MR) is 64.7 cm³/mol. The van der Waals surface area contributed by atoms with Crippen LogP contribution in [0, 0.1) is 6.57 Å². The van der Waals surface area contributed by atoms with Gasteiger partial charge < -0.3 is 4.23 Å². The Hall–Kier alpha value is -1.60. The highest BCUT2D eigenvalue weighted by molar-refractivity contribution is 6.75. The van der Waals surface area contributed by atoms with Gasteiger partial charge in [0.25, 0.3) is 0 Å². The molecule has 0 fully saturated rings. The van der Waals surface area contributed by atoms with Gasteiger partial charge in [-0.3, -0.25) is 0 Å². The molecule has 1 aromatic carbocycles. The molecule has 15 heavy (non-hydrogen) atoms. The second-order valence-electron chi connectivity index (χ2n) is 4.57. The number of hydrogen-bond donors (Lipinski definition) is 0. The highest BCUT2D eigenvalue weighted by atomic mass is 28.3. The predicted octanol–water partition coefficient (Wildman–Crippen LogP) is 3.27. The van der Waals surface area contributed by atoms with E-state index in [4.69, 9.17) is 6.57 Å². The summed E-state index contributed by atoms with van der Waals surface area (Å²) in [5.41, 5.74) is 2.75. The van der Waals surface area contributed by atoms with Gasteiger partial charge in [-0.25, -0.2) is 9.83 Å². The molecular formula is C11H13N3Si. The molecule has 1 heterocycles. The zero-order chi connectivity index (χ0) is 11.1. The van der Waals surface area contributed by atoms with Crippen molar-refractivity contribution in [1.82, 2.24) is 9.22 Å². The Morgan fingerprint density at radius 2 is 2.07 bits per heavy atom. The van der Waals surface area contributed by atoms with Crippen molar-refractivity contribution < 1.29 is 0 Å². The monoisotopic (exact) mass is 215 g/mol. The summed E-state index contributed by atoms with van der Waals surface area (Å²) >= 11 is 0. The maximum Gasteiger partial charge on any atom is 0.189 e. The topological polar surface area (TPSA) is 22.2 Å². The number of benzene rings is 1. The van der Waals surface area contributed by atoms with Gasteiger partial charge in [0, 0.05) is 5.52 Å². The molecule has 2 rings (SSSR count). The van der Waals surface area contributed by atoms with E-state index in [-0.39, 0.29) is 0 Å². The normalized spacial score (nSPS) is 11.6. The second kappa shape index (κ2) is 3.21. The lowest BCUT2D eigenvalue weighted by atomic mass is 10.3. The van der Waals surface area contributed by atoms with Crippen molar-refractivity contribution in [2.45, 2.75) is 19.6 Å². The van der Waals surface area contributed by atoms with Gasteiger partial charge in [-0.15, -0.1) is 0 Å². The van der Waals surface area contributed by atoms with Gasteiger partial charge in [0.2, 0.25) is 0 Å². The van der Waals surface area contributed by atoms with Crippen molar-refractivity contribution in [2.75, 3.05) is 0 Å². The maximum atomic E-state index is 7.01. The van der Waals surface area contributed by atoms with Crippen molar-refractivity contribution in [1.29, 1.82) is 0 Å². The van der Waals surface area contributed by atoms with Crippen LogP contribution in [-0.4, -0.2) is 17.5 Å². The van der Waals surface area contributed by atoms with Gasteiger partial charge in [0.15, 0.2) is 13.9 Å². The van der Waals surface area contributed by atoms with Crippen molar-refractivity contribution in [3.05, 3.63) is 35.9 Å². The first-order chi connectivity index (χ1) is 7.02. The van der Waals surface area contributed by atoms with Crippen LogP contribution in [0.1, 0.15) is 0 Å². The quantitative estimate of drug-likeness (QED) is 0.528. The van der Waals surface area contributed by atoms with E-state index in [9.17, 15) is 0 Å². The minimum atomic E-state index is -1.43. The number of nitrogens with zero attached hydrogens (tertiary/aromatic N) is 3. The molecule has 0 N–H and O–H groups in total. The molecule has 76 valence electrons. The molecule has 0 aliphatic carbocycles. The summed E-state index contributed by atoms with van der Waals surface area (Å²) in [6.07, 6.45) is 1.89. The molecule has 0 bridgehead atoms. The second-order valence-corrected chi connectivity index (χ2v) is 9.39. The molecule has 0 unspecified atom stereocenters.